The molecule has 0 fully saturated rings. The Morgan fingerprint density at radius 1 is 1.67 bits per heavy atom. The number of hydrogen-bond donors (Lipinski definition) is 2. The van der Waals surface area contributed by atoms with E-state index in [4.69, 9.17) is 5.73 Å². The van der Waals surface area contributed by atoms with Gasteiger partial charge in [0.25, 0.3) is 0 Å². The van der Waals surface area contributed by atoms with Crippen LogP contribution in [0.5, 0.6) is 5.75 Å². The minimum atomic E-state index is -0.559. The molecule has 0 spiro atoms. The Labute approximate surface area is 96.2 Å². The van der Waals surface area contributed by atoms with Gasteiger partial charge in [-0.2, -0.15) is 0 Å². The molecule has 1 atom stereocenters. The second-order valence-electron chi connectivity index (χ2n) is 2.99. The van der Waals surface area contributed by atoms with Crippen LogP contribution in [0.25, 0.3) is 0 Å². The summed E-state index contributed by atoms with van der Waals surface area (Å²) >= 11 is 3.21. The number of esters is 1. The van der Waals surface area contributed by atoms with Gasteiger partial charge in [-0.3, -0.25) is 4.79 Å². The molecule has 1 rings (SSSR count). The predicted octanol–water partition coefficient (Wildman–Crippen LogP) is 1.37. The first-order valence-corrected chi connectivity index (χ1v) is 5.16. The number of halogens is 1. The number of carbonyl (C=O) groups excluding carboxylic acids is 1. The fraction of sp³-hybridized carbons (Fsp3) is 0.300. The van der Waals surface area contributed by atoms with Crippen molar-refractivity contribution < 1.29 is 14.6 Å². The van der Waals surface area contributed by atoms with Crippen molar-refractivity contribution in [2.75, 3.05) is 13.7 Å². The Bertz CT molecular complexity index is 368. The molecule has 5 heteroatoms. The highest BCUT2D eigenvalue weighted by Gasteiger charge is 2.22. The number of carbonyl (C=O) groups is 1. The first-order valence-electron chi connectivity index (χ1n) is 4.37. The van der Waals surface area contributed by atoms with Crippen LogP contribution in [0.15, 0.2) is 22.7 Å². The molecule has 0 bridgehead atoms. The Hall–Kier alpha value is -1.07. The highest BCUT2D eigenvalue weighted by atomic mass is 79.9. The van der Waals surface area contributed by atoms with Crippen molar-refractivity contribution in [1.82, 2.24) is 0 Å². The molecule has 82 valence electrons. The van der Waals surface area contributed by atoms with E-state index < -0.39 is 11.9 Å². The van der Waals surface area contributed by atoms with E-state index in [1.54, 1.807) is 12.1 Å². The van der Waals surface area contributed by atoms with Crippen molar-refractivity contribution in [2.24, 2.45) is 5.73 Å². The van der Waals surface area contributed by atoms with Gasteiger partial charge in [-0.1, -0.05) is 12.1 Å². The van der Waals surface area contributed by atoms with Crippen LogP contribution >= 0.6 is 15.9 Å². The maximum atomic E-state index is 11.4. The maximum Gasteiger partial charge on any atom is 0.314 e. The number of methoxy groups -OCH3 is 1. The Morgan fingerprint density at radius 3 is 2.87 bits per heavy atom. The molecule has 0 heterocycles. The van der Waals surface area contributed by atoms with Gasteiger partial charge in [-0.05, 0) is 27.6 Å². The van der Waals surface area contributed by atoms with Crippen LogP contribution in [0.2, 0.25) is 0 Å². The van der Waals surface area contributed by atoms with E-state index in [1.165, 1.54) is 13.2 Å². The molecule has 0 aliphatic rings. The lowest BCUT2D eigenvalue weighted by Gasteiger charge is -2.14. The zero-order valence-corrected chi connectivity index (χ0v) is 9.82. The third-order valence-corrected chi connectivity index (χ3v) is 2.97. The van der Waals surface area contributed by atoms with Gasteiger partial charge >= 0.3 is 5.97 Å². The highest BCUT2D eigenvalue weighted by Crippen LogP contribution is 2.32. The van der Waals surface area contributed by atoms with Gasteiger partial charge in [0.2, 0.25) is 0 Å². The summed E-state index contributed by atoms with van der Waals surface area (Å²) in [5.41, 5.74) is 6.13. The van der Waals surface area contributed by atoms with Gasteiger partial charge in [0.15, 0.2) is 0 Å². The summed E-state index contributed by atoms with van der Waals surface area (Å²) in [5.74, 6) is -0.893. The third kappa shape index (κ3) is 2.49. The van der Waals surface area contributed by atoms with Crippen LogP contribution in [0, 0.1) is 0 Å². The average molecular weight is 274 g/mol. The number of rotatable bonds is 3. The summed E-state index contributed by atoms with van der Waals surface area (Å²) in [6.45, 7) is 0.134. The third-order valence-electron chi connectivity index (χ3n) is 2.11. The number of benzene rings is 1. The molecular formula is C10H12BrNO3. The molecule has 0 saturated carbocycles. The largest absolute Gasteiger partial charge is 0.507 e. The molecule has 0 amide bonds. The molecule has 4 nitrogen and oxygen atoms in total. The predicted molar refractivity (Wildman–Crippen MR) is 59.6 cm³/mol. The molecule has 3 N–H and O–H groups in total. The number of nitrogens with two attached hydrogens (primary N) is 1. The zero-order chi connectivity index (χ0) is 11.4. The number of aromatic hydroxyl groups is 1. The molecule has 0 aromatic heterocycles. The van der Waals surface area contributed by atoms with Crippen LogP contribution in [0.1, 0.15) is 11.5 Å². The van der Waals surface area contributed by atoms with Crippen molar-refractivity contribution in [1.29, 1.82) is 0 Å². The van der Waals surface area contributed by atoms with Crippen LogP contribution in [0.4, 0.5) is 0 Å². The van der Waals surface area contributed by atoms with Crippen molar-refractivity contribution >= 4 is 21.9 Å². The van der Waals surface area contributed by atoms with Gasteiger partial charge in [0.05, 0.1) is 17.5 Å². The van der Waals surface area contributed by atoms with Crippen LogP contribution in [0.3, 0.4) is 0 Å². The van der Waals surface area contributed by atoms with E-state index in [0.29, 0.717) is 10.0 Å². The minimum Gasteiger partial charge on any atom is -0.507 e. The van der Waals surface area contributed by atoms with Crippen molar-refractivity contribution in [3.63, 3.8) is 0 Å². The Kier molecular flexibility index (Phi) is 4.11. The minimum absolute atomic E-state index is 0.0786. The summed E-state index contributed by atoms with van der Waals surface area (Å²) in [6.07, 6.45) is 0. The first-order chi connectivity index (χ1) is 7.11. The van der Waals surface area contributed by atoms with E-state index in [2.05, 4.69) is 20.7 Å². The van der Waals surface area contributed by atoms with Crippen molar-refractivity contribution in [2.45, 2.75) is 5.92 Å². The molecule has 1 unspecified atom stereocenters. The van der Waals surface area contributed by atoms with E-state index in [0.717, 1.165) is 0 Å². The summed E-state index contributed by atoms with van der Waals surface area (Å²) in [6, 6.07) is 4.90. The highest BCUT2D eigenvalue weighted by molar-refractivity contribution is 9.10. The van der Waals surface area contributed by atoms with Gasteiger partial charge in [-0.25, -0.2) is 0 Å². The molecule has 0 aliphatic heterocycles. The number of hydrogen-bond acceptors (Lipinski definition) is 4. The Balaban J connectivity index is 3.12. The second kappa shape index (κ2) is 5.14. The number of ether oxygens (including phenoxy) is 1. The van der Waals surface area contributed by atoms with Gasteiger partial charge in [-0.15, -0.1) is 0 Å². The lowest BCUT2D eigenvalue weighted by Crippen LogP contribution is -2.23. The normalized spacial score (nSPS) is 12.2. The van der Waals surface area contributed by atoms with E-state index in [-0.39, 0.29) is 12.3 Å². The van der Waals surface area contributed by atoms with Crippen LogP contribution in [-0.2, 0) is 9.53 Å². The molecule has 1 aromatic carbocycles. The van der Waals surface area contributed by atoms with Crippen LogP contribution in [-0.4, -0.2) is 24.7 Å². The summed E-state index contributed by atoms with van der Waals surface area (Å²) in [5, 5.41) is 9.46. The monoisotopic (exact) mass is 273 g/mol. The lowest BCUT2D eigenvalue weighted by atomic mass is 9.99. The van der Waals surface area contributed by atoms with E-state index >= 15 is 0 Å². The molecule has 0 radical (unpaired) electrons. The number of phenols is 1. The lowest BCUT2D eigenvalue weighted by molar-refractivity contribution is -0.142. The molecular weight excluding hydrogens is 262 g/mol. The standard InChI is InChI=1S/C10H12BrNO3/c1-15-10(14)7(5-12)6-3-2-4-8(13)9(6)11/h2-4,7,13H,5,12H2,1H3. The molecule has 15 heavy (non-hydrogen) atoms. The van der Waals surface area contributed by atoms with Gasteiger partial charge in [0.1, 0.15) is 5.75 Å². The van der Waals surface area contributed by atoms with E-state index in [9.17, 15) is 9.90 Å². The fourth-order valence-corrected chi connectivity index (χ4v) is 1.84. The Morgan fingerprint density at radius 2 is 2.33 bits per heavy atom. The second-order valence-corrected chi connectivity index (χ2v) is 3.78. The quantitative estimate of drug-likeness (QED) is 0.816. The summed E-state index contributed by atoms with van der Waals surface area (Å²) in [4.78, 5) is 11.4. The summed E-state index contributed by atoms with van der Waals surface area (Å²) in [7, 11) is 1.31. The molecule has 1 aromatic rings. The molecule has 0 saturated heterocycles. The van der Waals surface area contributed by atoms with Crippen LogP contribution < -0.4 is 5.73 Å². The maximum absolute atomic E-state index is 11.4. The summed E-state index contributed by atoms with van der Waals surface area (Å²) < 4.78 is 5.11. The fourth-order valence-electron chi connectivity index (χ4n) is 1.30. The molecule has 0 aliphatic carbocycles. The smallest absolute Gasteiger partial charge is 0.314 e. The van der Waals surface area contributed by atoms with Gasteiger partial charge in [0, 0.05) is 6.54 Å². The SMILES string of the molecule is COC(=O)C(CN)c1cccc(O)c1Br. The first kappa shape index (κ1) is 12.0. The number of phenolic OH excluding ortho intramolecular Hbond substituents is 1. The van der Waals surface area contributed by atoms with Crippen molar-refractivity contribution in [3.8, 4) is 5.75 Å². The van der Waals surface area contributed by atoms with Gasteiger partial charge < -0.3 is 15.6 Å². The topological polar surface area (TPSA) is 72.5 Å². The zero-order valence-electron chi connectivity index (χ0n) is 8.24. The van der Waals surface area contributed by atoms with Crippen molar-refractivity contribution in [3.05, 3.63) is 28.2 Å². The van der Waals surface area contributed by atoms with E-state index in [1.807, 2.05) is 0 Å². The average Bonchev–Trinajstić information content (AvgIpc) is 2.24.